The highest BCUT2D eigenvalue weighted by Gasteiger charge is 2.35. The van der Waals surface area contributed by atoms with E-state index in [9.17, 15) is 9.59 Å². The molecule has 1 aliphatic rings. The summed E-state index contributed by atoms with van der Waals surface area (Å²) < 4.78 is 0. The first-order chi connectivity index (χ1) is 13.1. The predicted octanol–water partition coefficient (Wildman–Crippen LogP) is 4.19. The number of likely N-dealkylation sites (tertiary alicyclic amines) is 1. The van der Waals surface area contributed by atoms with Crippen molar-refractivity contribution in [3.8, 4) is 0 Å². The van der Waals surface area contributed by atoms with Crippen molar-refractivity contribution < 1.29 is 9.59 Å². The van der Waals surface area contributed by atoms with E-state index in [1.807, 2.05) is 47.5 Å². The molecule has 0 bridgehead atoms. The van der Waals surface area contributed by atoms with Crippen LogP contribution in [0.3, 0.4) is 0 Å². The molecule has 1 aromatic carbocycles. The van der Waals surface area contributed by atoms with Gasteiger partial charge in [0.05, 0.1) is 18.4 Å². The van der Waals surface area contributed by atoms with Crippen molar-refractivity contribution in [3.05, 3.63) is 58.3 Å². The van der Waals surface area contributed by atoms with Gasteiger partial charge in [0.2, 0.25) is 11.8 Å². The lowest BCUT2D eigenvalue weighted by Gasteiger charge is -2.40. The third-order valence-electron chi connectivity index (χ3n) is 5.36. The molecule has 2 heterocycles. The summed E-state index contributed by atoms with van der Waals surface area (Å²) in [6.45, 7) is 4.58. The molecule has 1 N–H and O–H groups in total. The minimum absolute atomic E-state index is 0.0475. The monoisotopic (exact) mass is 384 g/mol. The van der Waals surface area contributed by atoms with Crippen LogP contribution in [0.25, 0.3) is 0 Å². The third-order valence-corrected chi connectivity index (χ3v) is 6.24. The average Bonchev–Trinajstić information content (AvgIpc) is 3.21. The Morgan fingerprint density at radius 3 is 2.63 bits per heavy atom. The largest absolute Gasteiger partial charge is 0.353 e. The van der Waals surface area contributed by atoms with Gasteiger partial charge in [-0.05, 0) is 43.2 Å². The second-order valence-corrected chi connectivity index (χ2v) is 8.35. The molecule has 1 fully saturated rings. The Hall–Kier alpha value is -2.14. The van der Waals surface area contributed by atoms with E-state index < -0.39 is 0 Å². The number of rotatable bonds is 6. The molecule has 2 aromatic rings. The van der Waals surface area contributed by atoms with Crippen molar-refractivity contribution in [3.63, 3.8) is 0 Å². The molecule has 1 aliphatic heterocycles. The minimum atomic E-state index is -0.133. The first kappa shape index (κ1) is 19.6. The molecule has 0 unspecified atom stereocenters. The maximum absolute atomic E-state index is 13.1. The topological polar surface area (TPSA) is 49.4 Å². The molecule has 2 amide bonds. The first-order valence-corrected chi connectivity index (χ1v) is 10.6. The van der Waals surface area contributed by atoms with E-state index in [1.165, 1.54) is 0 Å². The second-order valence-electron chi connectivity index (χ2n) is 7.32. The number of thiophene rings is 1. The Bertz CT molecular complexity index is 745. The lowest BCUT2D eigenvalue weighted by molar-refractivity contribution is -0.138. The molecule has 3 rings (SSSR count). The van der Waals surface area contributed by atoms with Gasteiger partial charge >= 0.3 is 0 Å². The van der Waals surface area contributed by atoms with Crippen molar-refractivity contribution in [2.45, 2.75) is 51.6 Å². The summed E-state index contributed by atoms with van der Waals surface area (Å²) in [4.78, 5) is 28.7. The van der Waals surface area contributed by atoms with Crippen molar-refractivity contribution >= 4 is 23.2 Å². The molecule has 3 atom stereocenters. The number of carbonyl (C=O) groups excluding carboxylic acids is 2. The minimum Gasteiger partial charge on any atom is -0.353 e. The van der Waals surface area contributed by atoms with E-state index in [-0.39, 0.29) is 29.8 Å². The lowest BCUT2D eigenvalue weighted by atomic mass is 9.88. The number of carbonyl (C=O) groups is 2. The SMILES string of the molecule is CC[C@H](C)NC(=O)[C@@H]1CC[C@@H](c2ccccc2)N(C(=O)Cc2cccs2)C1. The van der Waals surface area contributed by atoms with Crippen LogP contribution in [0.4, 0.5) is 0 Å². The van der Waals surface area contributed by atoms with Crippen molar-refractivity contribution in [1.82, 2.24) is 10.2 Å². The highest BCUT2D eigenvalue weighted by Crippen LogP contribution is 2.34. The van der Waals surface area contributed by atoms with Crippen molar-refractivity contribution in [1.29, 1.82) is 0 Å². The van der Waals surface area contributed by atoms with Crippen LogP contribution in [0.5, 0.6) is 0 Å². The number of benzene rings is 1. The molecule has 0 aliphatic carbocycles. The van der Waals surface area contributed by atoms with Crippen LogP contribution < -0.4 is 5.32 Å². The zero-order valence-electron chi connectivity index (χ0n) is 16.1. The van der Waals surface area contributed by atoms with Gasteiger partial charge in [0.25, 0.3) is 0 Å². The van der Waals surface area contributed by atoms with E-state index >= 15 is 0 Å². The molecule has 27 heavy (non-hydrogen) atoms. The van der Waals surface area contributed by atoms with Crippen molar-refractivity contribution in [2.24, 2.45) is 5.92 Å². The molecule has 1 saturated heterocycles. The van der Waals surface area contributed by atoms with E-state index in [0.29, 0.717) is 13.0 Å². The number of amides is 2. The van der Waals surface area contributed by atoms with Crippen LogP contribution in [-0.4, -0.2) is 29.3 Å². The summed E-state index contributed by atoms with van der Waals surface area (Å²) in [6.07, 6.45) is 2.94. The Morgan fingerprint density at radius 1 is 1.19 bits per heavy atom. The van der Waals surface area contributed by atoms with Gasteiger partial charge in [-0.3, -0.25) is 9.59 Å². The van der Waals surface area contributed by atoms with Gasteiger partial charge < -0.3 is 10.2 Å². The van der Waals surface area contributed by atoms with Gasteiger partial charge in [-0.15, -0.1) is 11.3 Å². The molecule has 0 spiro atoms. The number of nitrogens with zero attached hydrogens (tertiary/aromatic N) is 1. The van der Waals surface area contributed by atoms with Gasteiger partial charge in [-0.1, -0.05) is 43.3 Å². The summed E-state index contributed by atoms with van der Waals surface area (Å²) in [5.74, 6) is 0.0448. The normalized spacial score (nSPS) is 20.9. The molecular weight excluding hydrogens is 356 g/mol. The van der Waals surface area contributed by atoms with Crippen LogP contribution in [0.1, 0.15) is 49.6 Å². The smallest absolute Gasteiger partial charge is 0.228 e. The van der Waals surface area contributed by atoms with Gasteiger partial charge in [-0.2, -0.15) is 0 Å². The Kier molecular flexibility index (Phi) is 6.67. The Morgan fingerprint density at radius 2 is 1.96 bits per heavy atom. The predicted molar refractivity (Wildman–Crippen MR) is 110 cm³/mol. The third kappa shape index (κ3) is 4.98. The van der Waals surface area contributed by atoms with Crippen LogP contribution >= 0.6 is 11.3 Å². The molecular formula is C22H28N2O2S. The summed E-state index contributed by atoms with van der Waals surface area (Å²) in [5, 5.41) is 5.08. The fourth-order valence-corrected chi connectivity index (χ4v) is 4.30. The van der Waals surface area contributed by atoms with Crippen molar-refractivity contribution in [2.75, 3.05) is 6.54 Å². The molecule has 4 nitrogen and oxygen atoms in total. The van der Waals surface area contributed by atoms with E-state index in [2.05, 4.69) is 24.4 Å². The van der Waals surface area contributed by atoms with E-state index in [0.717, 1.165) is 29.7 Å². The van der Waals surface area contributed by atoms with E-state index in [1.54, 1.807) is 11.3 Å². The first-order valence-electron chi connectivity index (χ1n) is 9.75. The highest BCUT2D eigenvalue weighted by molar-refractivity contribution is 7.10. The number of nitrogens with one attached hydrogen (secondary N) is 1. The fraction of sp³-hybridized carbons (Fsp3) is 0.455. The zero-order chi connectivity index (χ0) is 19.2. The van der Waals surface area contributed by atoms with Gasteiger partial charge in [-0.25, -0.2) is 0 Å². The lowest BCUT2D eigenvalue weighted by Crippen LogP contribution is -2.48. The summed E-state index contributed by atoms with van der Waals surface area (Å²) in [6, 6.07) is 14.4. The van der Waals surface area contributed by atoms with Crippen LogP contribution in [0.2, 0.25) is 0 Å². The van der Waals surface area contributed by atoms with E-state index in [4.69, 9.17) is 0 Å². The maximum atomic E-state index is 13.1. The number of hydrogen-bond acceptors (Lipinski definition) is 3. The standard InChI is InChI=1S/C22H28N2O2S/c1-3-16(2)23-22(26)18-11-12-20(17-8-5-4-6-9-17)24(15-18)21(25)14-19-10-7-13-27-19/h4-10,13,16,18,20H,3,11-12,14-15H2,1-2H3,(H,23,26)/t16-,18+,20-/m0/s1. The molecule has 5 heteroatoms. The van der Waals surface area contributed by atoms with Gasteiger partial charge in [0.1, 0.15) is 0 Å². The quantitative estimate of drug-likeness (QED) is 0.812. The average molecular weight is 385 g/mol. The second kappa shape index (κ2) is 9.18. The number of hydrogen-bond donors (Lipinski definition) is 1. The fourth-order valence-electron chi connectivity index (χ4n) is 3.61. The summed E-state index contributed by atoms with van der Waals surface area (Å²) in [5.41, 5.74) is 1.15. The maximum Gasteiger partial charge on any atom is 0.228 e. The summed E-state index contributed by atoms with van der Waals surface area (Å²) in [7, 11) is 0. The van der Waals surface area contributed by atoms with Gasteiger partial charge in [0.15, 0.2) is 0 Å². The van der Waals surface area contributed by atoms with Gasteiger partial charge in [0, 0.05) is 17.5 Å². The molecule has 0 saturated carbocycles. The number of piperidine rings is 1. The highest BCUT2D eigenvalue weighted by atomic mass is 32.1. The summed E-state index contributed by atoms with van der Waals surface area (Å²) >= 11 is 1.60. The zero-order valence-corrected chi connectivity index (χ0v) is 16.9. The van der Waals surface area contributed by atoms with Crippen LogP contribution in [0, 0.1) is 5.92 Å². The Labute approximate surface area is 165 Å². The molecule has 1 aromatic heterocycles. The molecule has 144 valence electrons. The van der Waals surface area contributed by atoms with Crippen LogP contribution in [-0.2, 0) is 16.0 Å². The van der Waals surface area contributed by atoms with Crippen LogP contribution in [0.15, 0.2) is 47.8 Å². The Balaban J connectivity index is 1.77. The molecule has 0 radical (unpaired) electrons.